The van der Waals surface area contributed by atoms with Crippen molar-refractivity contribution >= 4 is 33.2 Å². The monoisotopic (exact) mass is 620 g/mol. The van der Waals surface area contributed by atoms with Crippen molar-refractivity contribution in [2.24, 2.45) is 11.8 Å². The van der Waals surface area contributed by atoms with Crippen LogP contribution in [0.4, 0.5) is 11.4 Å². The van der Waals surface area contributed by atoms with Gasteiger partial charge in [-0.05, 0) is 83.5 Å². The van der Waals surface area contributed by atoms with Gasteiger partial charge in [-0.2, -0.15) is 0 Å². The van der Waals surface area contributed by atoms with E-state index >= 15 is 0 Å². The van der Waals surface area contributed by atoms with E-state index in [1.807, 2.05) is 63.2 Å². The summed E-state index contributed by atoms with van der Waals surface area (Å²) >= 11 is 0. The van der Waals surface area contributed by atoms with Crippen molar-refractivity contribution in [2.75, 3.05) is 23.9 Å². The third kappa shape index (κ3) is 7.74. The molecule has 234 valence electrons. The molecule has 1 fully saturated rings. The van der Waals surface area contributed by atoms with Crippen molar-refractivity contribution in [3.63, 3.8) is 0 Å². The third-order valence-corrected chi connectivity index (χ3v) is 10.8. The van der Waals surface area contributed by atoms with E-state index in [1.54, 1.807) is 30.3 Å². The Morgan fingerprint density at radius 1 is 0.778 bits per heavy atom. The van der Waals surface area contributed by atoms with Crippen molar-refractivity contribution in [2.45, 2.75) is 57.4 Å². The number of hydrogen-bond donors (Lipinski definition) is 0. The van der Waals surface area contributed by atoms with Gasteiger partial charge in [0, 0.05) is 31.4 Å². The first-order chi connectivity index (χ1) is 21.6. The number of benzene rings is 4. The van der Waals surface area contributed by atoms with E-state index in [9.17, 15) is 13.2 Å². The highest BCUT2D eigenvalue weighted by Gasteiger charge is 2.28. The van der Waals surface area contributed by atoms with Crippen LogP contribution < -0.4 is 9.80 Å². The molecule has 4 aromatic rings. The number of sulfone groups is 1. The molecule has 45 heavy (non-hydrogen) atoms. The maximum Gasteiger partial charge on any atom is 0.230 e. The first-order valence-electron chi connectivity index (χ1n) is 15.9. The van der Waals surface area contributed by atoms with Gasteiger partial charge in [0.15, 0.2) is 0 Å². The van der Waals surface area contributed by atoms with Gasteiger partial charge in [-0.15, -0.1) is 0 Å². The second-order valence-electron chi connectivity index (χ2n) is 12.5. The summed E-state index contributed by atoms with van der Waals surface area (Å²) in [6.07, 6.45) is 6.89. The molecular weight excluding hydrogens is 577 g/mol. The smallest absolute Gasteiger partial charge is 0.230 e. The summed E-state index contributed by atoms with van der Waals surface area (Å²) in [4.78, 5) is 18.7. The number of amides is 1. The highest BCUT2D eigenvalue weighted by molar-refractivity contribution is 7.95. The molecule has 0 spiro atoms. The Bertz CT molecular complexity index is 1720. The van der Waals surface area contributed by atoms with Gasteiger partial charge < -0.3 is 9.80 Å². The van der Waals surface area contributed by atoms with Crippen molar-refractivity contribution in [3.05, 3.63) is 119 Å². The number of nitrogens with zero attached hydrogens (tertiary/aromatic N) is 2. The van der Waals surface area contributed by atoms with Gasteiger partial charge in [-0.1, -0.05) is 99.8 Å². The molecule has 1 aliphatic rings. The van der Waals surface area contributed by atoms with Crippen LogP contribution in [0, 0.1) is 11.8 Å². The third-order valence-electron chi connectivity index (χ3n) is 8.66. The number of rotatable bonds is 10. The second-order valence-corrected chi connectivity index (χ2v) is 14.5. The molecule has 4 aromatic carbocycles. The van der Waals surface area contributed by atoms with E-state index in [2.05, 4.69) is 53.4 Å². The van der Waals surface area contributed by atoms with Crippen LogP contribution in [0.2, 0.25) is 0 Å². The molecule has 0 radical (unpaired) electrons. The lowest BCUT2D eigenvalue weighted by atomic mass is 9.88. The summed E-state index contributed by atoms with van der Waals surface area (Å²) in [5.41, 5.74) is 6.01. The predicted octanol–water partition coefficient (Wildman–Crippen LogP) is 9.00. The molecule has 0 aliphatic heterocycles. The van der Waals surface area contributed by atoms with Crippen LogP contribution in [-0.4, -0.2) is 28.4 Å². The number of hydrogen-bond acceptors (Lipinski definition) is 4. The Kier molecular flexibility index (Phi) is 10.2. The van der Waals surface area contributed by atoms with Gasteiger partial charge in [0.2, 0.25) is 15.7 Å². The molecule has 5 rings (SSSR count). The zero-order valence-corrected chi connectivity index (χ0v) is 27.6. The summed E-state index contributed by atoms with van der Waals surface area (Å²) < 4.78 is 27.2. The molecule has 1 amide bonds. The Morgan fingerprint density at radius 2 is 1.40 bits per heavy atom. The largest absolute Gasteiger partial charge is 0.378 e. The summed E-state index contributed by atoms with van der Waals surface area (Å²) in [6, 6.07) is 33.2. The number of carbonyl (C=O) groups is 1. The van der Waals surface area contributed by atoms with Crippen molar-refractivity contribution in [1.29, 1.82) is 0 Å². The molecule has 0 atom stereocenters. The molecule has 0 aromatic heterocycles. The summed E-state index contributed by atoms with van der Waals surface area (Å²) in [6.45, 7) is 4.24. The van der Waals surface area contributed by atoms with Gasteiger partial charge in [-0.25, -0.2) is 8.42 Å². The molecular formula is C39H44N2O3S. The normalized spacial score (nSPS) is 14.4. The van der Waals surface area contributed by atoms with Crippen LogP contribution >= 0.6 is 0 Å². The lowest BCUT2D eigenvalue weighted by molar-refractivity contribution is -0.123. The van der Waals surface area contributed by atoms with E-state index < -0.39 is 9.84 Å². The van der Waals surface area contributed by atoms with Crippen LogP contribution in [0.1, 0.15) is 57.1 Å². The average molecular weight is 621 g/mol. The maximum absolute atomic E-state index is 14.1. The molecule has 5 nitrogen and oxygen atoms in total. The van der Waals surface area contributed by atoms with Crippen molar-refractivity contribution in [3.8, 4) is 11.1 Å². The fraction of sp³-hybridized carbons (Fsp3) is 0.308. The molecule has 0 unspecified atom stereocenters. The minimum absolute atomic E-state index is 0.00267. The first kappa shape index (κ1) is 32.2. The SMILES string of the molecule is CC(C)/C(=C/c1cccc(N(Cc2ccc(-c3ccc(N(C)C)cc3)cc2)C(=O)C2CCCCC2)c1)S(=O)(=O)c1ccccc1. The number of carbonyl (C=O) groups excluding carboxylic acids is 1. The Balaban J connectivity index is 1.46. The van der Waals surface area contributed by atoms with E-state index in [-0.39, 0.29) is 22.6 Å². The van der Waals surface area contributed by atoms with E-state index in [0.717, 1.165) is 59.3 Å². The van der Waals surface area contributed by atoms with Crippen molar-refractivity contribution in [1.82, 2.24) is 0 Å². The standard InChI is InChI=1S/C39H44N2O3S/c1-29(2)38(45(43,44)37-16-9-6-10-17-37)27-31-12-11-15-36(26-31)41(39(42)34-13-7-5-8-14-34)28-30-18-20-32(21-19-30)33-22-24-35(25-23-33)40(3)4/h6,9-12,15-27,29,34H,5,7-8,13-14,28H2,1-4H3/b38-27-. The van der Waals surface area contributed by atoms with E-state index in [1.165, 1.54) is 6.42 Å². The van der Waals surface area contributed by atoms with Gasteiger partial charge in [0.05, 0.1) is 16.3 Å². The highest BCUT2D eigenvalue weighted by atomic mass is 32.2. The lowest BCUT2D eigenvalue weighted by Gasteiger charge is -2.30. The van der Waals surface area contributed by atoms with Crippen LogP contribution in [0.5, 0.6) is 0 Å². The summed E-state index contributed by atoms with van der Waals surface area (Å²) in [7, 11) is 0.398. The molecule has 0 saturated heterocycles. The maximum atomic E-state index is 14.1. The Hall–Kier alpha value is -4.16. The lowest BCUT2D eigenvalue weighted by Crippen LogP contribution is -2.36. The summed E-state index contributed by atoms with van der Waals surface area (Å²) in [5.74, 6) is -0.0753. The van der Waals surface area contributed by atoms with Crippen molar-refractivity contribution < 1.29 is 13.2 Å². The van der Waals surface area contributed by atoms with Crippen LogP contribution in [0.15, 0.2) is 113 Å². The minimum atomic E-state index is -3.67. The van der Waals surface area contributed by atoms with Gasteiger partial charge >= 0.3 is 0 Å². The highest BCUT2D eigenvalue weighted by Crippen LogP contribution is 2.32. The average Bonchev–Trinajstić information content (AvgIpc) is 3.07. The molecule has 1 aliphatic carbocycles. The zero-order chi connectivity index (χ0) is 32.0. The van der Waals surface area contributed by atoms with Crippen LogP contribution in [0.25, 0.3) is 17.2 Å². The van der Waals surface area contributed by atoms with E-state index in [0.29, 0.717) is 11.4 Å². The predicted molar refractivity (Wildman–Crippen MR) is 187 cm³/mol. The second kappa shape index (κ2) is 14.3. The van der Waals surface area contributed by atoms with Gasteiger partial charge in [-0.3, -0.25) is 4.79 Å². The fourth-order valence-electron chi connectivity index (χ4n) is 6.04. The topological polar surface area (TPSA) is 57.7 Å². The summed E-state index contributed by atoms with van der Waals surface area (Å²) in [5, 5.41) is 0. The molecule has 1 saturated carbocycles. The number of anilines is 2. The van der Waals surface area contributed by atoms with E-state index in [4.69, 9.17) is 0 Å². The molecule has 0 N–H and O–H groups in total. The Labute approximate surface area is 269 Å². The molecule has 0 bridgehead atoms. The van der Waals surface area contributed by atoms with Crippen LogP contribution in [0.3, 0.4) is 0 Å². The first-order valence-corrected chi connectivity index (χ1v) is 17.4. The fourth-order valence-corrected chi connectivity index (χ4v) is 7.74. The quantitative estimate of drug-likeness (QED) is 0.178. The van der Waals surface area contributed by atoms with Crippen LogP contribution in [-0.2, 0) is 21.2 Å². The molecule has 6 heteroatoms. The Morgan fingerprint density at radius 3 is 2.00 bits per heavy atom. The van der Waals surface area contributed by atoms with Gasteiger partial charge in [0.25, 0.3) is 0 Å². The number of allylic oxidation sites excluding steroid dienone is 1. The van der Waals surface area contributed by atoms with Gasteiger partial charge in [0.1, 0.15) is 0 Å². The minimum Gasteiger partial charge on any atom is -0.378 e. The molecule has 0 heterocycles. The zero-order valence-electron chi connectivity index (χ0n) is 26.8.